The maximum absolute atomic E-state index is 13.1. The van der Waals surface area contributed by atoms with Crippen molar-refractivity contribution in [3.63, 3.8) is 0 Å². The molecule has 7 heteroatoms. The molecular weight excluding hydrogens is 329 g/mol. The van der Waals surface area contributed by atoms with Gasteiger partial charge in [-0.15, -0.1) is 12.4 Å². The highest BCUT2D eigenvalue weighted by Crippen LogP contribution is 2.41. The largest absolute Gasteiger partial charge is 0.416 e. The number of nitrogens with zero attached hydrogens (tertiary/aromatic N) is 1. The molecule has 1 spiro atoms. The van der Waals surface area contributed by atoms with Crippen LogP contribution in [0.2, 0.25) is 0 Å². The highest BCUT2D eigenvalue weighted by Gasteiger charge is 2.47. The second-order valence-corrected chi connectivity index (χ2v) is 6.16. The lowest BCUT2D eigenvalue weighted by molar-refractivity contribution is -0.141. The van der Waals surface area contributed by atoms with Crippen molar-refractivity contribution in [2.75, 3.05) is 19.6 Å². The number of hydrogen-bond acceptors (Lipinski definition) is 2. The van der Waals surface area contributed by atoms with Crippen LogP contribution in [0, 0.1) is 5.41 Å². The van der Waals surface area contributed by atoms with Crippen molar-refractivity contribution < 1.29 is 18.0 Å². The van der Waals surface area contributed by atoms with E-state index in [2.05, 4.69) is 5.32 Å². The number of carbonyl (C=O) groups excluding carboxylic acids is 1. The Morgan fingerprint density at radius 2 is 1.78 bits per heavy atom. The molecule has 0 atom stereocenters. The minimum atomic E-state index is -4.38. The van der Waals surface area contributed by atoms with E-state index in [1.165, 1.54) is 12.1 Å². The number of amides is 1. The molecule has 0 saturated carbocycles. The Morgan fingerprint density at radius 3 is 2.43 bits per heavy atom. The van der Waals surface area contributed by atoms with E-state index < -0.39 is 11.7 Å². The lowest BCUT2D eigenvalue weighted by Crippen LogP contribution is -2.42. The second kappa shape index (κ2) is 6.69. The summed E-state index contributed by atoms with van der Waals surface area (Å²) in [6.07, 6.45) is -2.07. The third-order valence-corrected chi connectivity index (χ3v) is 4.85. The number of piperidine rings is 1. The van der Waals surface area contributed by atoms with Gasteiger partial charge in [0.05, 0.1) is 11.0 Å². The molecule has 1 aromatic rings. The molecule has 3 rings (SSSR count). The van der Waals surface area contributed by atoms with Crippen LogP contribution in [0.25, 0.3) is 0 Å². The lowest BCUT2D eigenvalue weighted by Gasteiger charge is -2.32. The van der Waals surface area contributed by atoms with Crippen molar-refractivity contribution in [2.24, 2.45) is 5.41 Å². The van der Waals surface area contributed by atoms with Gasteiger partial charge in [0, 0.05) is 13.1 Å². The summed E-state index contributed by atoms with van der Waals surface area (Å²) in [5, 5.41) is 3.23. The Balaban J connectivity index is 0.00000192. The maximum Gasteiger partial charge on any atom is 0.416 e. The number of likely N-dealkylation sites (tertiary alicyclic amines) is 1. The summed E-state index contributed by atoms with van der Waals surface area (Å²) in [5.41, 5.74) is -0.818. The number of alkyl halides is 3. The molecule has 0 bridgehead atoms. The molecular formula is C16H20ClF3N2O. The van der Waals surface area contributed by atoms with Crippen molar-refractivity contribution in [2.45, 2.75) is 32.0 Å². The summed E-state index contributed by atoms with van der Waals surface area (Å²) in [7, 11) is 0. The highest BCUT2D eigenvalue weighted by atomic mass is 35.5. The van der Waals surface area contributed by atoms with Gasteiger partial charge < -0.3 is 10.2 Å². The smallest absolute Gasteiger partial charge is 0.338 e. The summed E-state index contributed by atoms with van der Waals surface area (Å²) in [6, 6.07) is 5.51. The zero-order valence-corrected chi connectivity index (χ0v) is 13.5. The first kappa shape index (κ1) is 18.1. The zero-order chi connectivity index (χ0) is 15.8. The maximum atomic E-state index is 13.1. The fourth-order valence-electron chi connectivity index (χ4n) is 3.55. The Kier molecular flexibility index (Phi) is 5.26. The van der Waals surface area contributed by atoms with Crippen LogP contribution in [0.5, 0.6) is 0 Å². The number of nitrogens with one attached hydrogen (secondary N) is 1. The number of rotatable bonds is 2. The molecule has 1 amide bonds. The standard InChI is InChI=1S/C16H19F3N2O.ClH/c17-16(18,19)13-4-2-1-3-12(13)11-21-10-7-15(14(21)22)5-8-20-9-6-15;/h1-4,20H,5-11H2;1H. The molecule has 1 aromatic carbocycles. The van der Waals surface area contributed by atoms with Crippen LogP contribution in [0.4, 0.5) is 13.2 Å². The molecule has 2 aliphatic rings. The van der Waals surface area contributed by atoms with Gasteiger partial charge in [0.2, 0.25) is 5.91 Å². The van der Waals surface area contributed by atoms with Gasteiger partial charge in [0.15, 0.2) is 0 Å². The fraction of sp³-hybridized carbons (Fsp3) is 0.562. The van der Waals surface area contributed by atoms with Gasteiger partial charge in [0.1, 0.15) is 0 Å². The number of halogens is 4. The first-order chi connectivity index (χ1) is 10.4. The average Bonchev–Trinajstić information content (AvgIpc) is 2.77. The van der Waals surface area contributed by atoms with Crippen LogP contribution >= 0.6 is 12.4 Å². The van der Waals surface area contributed by atoms with E-state index in [4.69, 9.17) is 0 Å². The van der Waals surface area contributed by atoms with Crippen molar-refractivity contribution in [3.05, 3.63) is 35.4 Å². The highest BCUT2D eigenvalue weighted by molar-refractivity contribution is 5.85. The van der Waals surface area contributed by atoms with Crippen LogP contribution < -0.4 is 5.32 Å². The van der Waals surface area contributed by atoms with E-state index in [0.29, 0.717) is 6.54 Å². The quantitative estimate of drug-likeness (QED) is 0.890. The van der Waals surface area contributed by atoms with Crippen molar-refractivity contribution in [1.29, 1.82) is 0 Å². The van der Waals surface area contributed by atoms with Gasteiger partial charge in [-0.1, -0.05) is 18.2 Å². The van der Waals surface area contributed by atoms with E-state index in [9.17, 15) is 18.0 Å². The SMILES string of the molecule is Cl.O=C1N(Cc2ccccc2C(F)(F)F)CCC12CCNCC2. The van der Waals surface area contributed by atoms with Crippen LogP contribution in [0.15, 0.2) is 24.3 Å². The van der Waals surface area contributed by atoms with Crippen LogP contribution in [-0.4, -0.2) is 30.4 Å². The van der Waals surface area contributed by atoms with Crippen molar-refractivity contribution >= 4 is 18.3 Å². The Labute approximate surface area is 139 Å². The molecule has 2 heterocycles. The van der Waals surface area contributed by atoms with E-state index in [-0.39, 0.29) is 35.8 Å². The summed E-state index contributed by atoms with van der Waals surface area (Å²) < 4.78 is 39.2. The molecule has 128 valence electrons. The third-order valence-electron chi connectivity index (χ3n) is 4.85. The molecule has 23 heavy (non-hydrogen) atoms. The summed E-state index contributed by atoms with van der Waals surface area (Å²) in [5.74, 6) is 0.0194. The molecule has 1 N–H and O–H groups in total. The van der Waals surface area contributed by atoms with Crippen LogP contribution in [-0.2, 0) is 17.5 Å². The molecule has 0 aliphatic carbocycles. The van der Waals surface area contributed by atoms with Crippen LogP contribution in [0.3, 0.4) is 0 Å². The predicted octanol–water partition coefficient (Wildman–Crippen LogP) is 3.23. The predicted molar refractivity (Wildman–Crippen MR) is 83.3 cm³/mol. The molecule has 0 radical (unpaired) electrons. The van der Waals surface area contributed by atoms with E-state index >= 15 is 0 Å². The number of hydrogen-bond donors (Lipinski definition) is 1. The zero-order valence-electron chi connectivity index (χ0n) is 12.7. The van der Waals surface area contributed by atoms with E-state index in [1.807, 2.05) is 0 Å². The van der Waals surface area contributed by atoms with E-state index in [0.717, 1.165) is 38.4 Å². The lowest BCUT2D eigenvalue weighted by atomic mass is 9.78. The molecule has 0 unspecified atom stereocenters. The molecule has 2 saturated heterocycles. The van der Waals surface area contributed by atoms with Gasteiger partial charge in [0.25, 0.3) is 0 Å². The monoisotopic (exact) mass is 348 g/mol. The van der Waals surface area contributed by atoms with Crippen LogP contribution in [0.1, 0.15) is 30.4 Å². The minimum absolute atomic E-state index is 0. The first-order valence-electron chi connectivity index (χ1n) is 7.58. The summed E-state index contributed by atoms with van der Waals surface area (Å²) in [4.78, 5) is 14.3. The van der Waals surface area contributed by atoms with Crippen molar-refractivity contribution in [3.8, 4) is 0 Å². The third kappa shape index (κ3) is 3.48. The van der Waals surface area contributed by atoms with Gasteiger partial charge in [-0.25, -0.2) is 0 Å². The Morgan fingerprint density at radius 1 is 1.13 bits per heavy atom. The second-order valence-electron chi connectivity index (χ2n) is 6.16. The molecule has 0 aromatic heterocycles. The first-order valence-corrected chi connectivity index (χ1v) is 7.58. The molecule has 2 aliphatic heterocycles. The van der Waals surface area contributed by atoms with Crippen molar-refractivity contribution in [1.82, 2.24) is 10.2 Å². The van der Waals surface area contributed by atoms with E-state index in [1.54, 1.807) is 11.0 Å². The van der Waals surface area contributed by atoms with Gasteiger partial charge in [-0.05, 0) is 44.0 Å². The molecule has 3 nitrogen and oxygen atoms in total. The fourth-order valence-corrected chi connectivity index (χ4v) is 3.55. The van der Waals surface area contributed by atoms with Gasteiger partial charge >= 0.3 is 6.18 Å². The normalized spacial score (nSPS) is 20.7. The number of benzene rings is 1. The van der Waals surface area contributed by atoms with Gasteiger partial charge in [-0.2, -0.15) is 13.2 Å². The molecule has 2 fully saturated rings. The Bertz CT molecular complexity index is 571. The Hall–Kier alpha value is -1.27. The summed E-state index contributed by atoms with van der Waals surface area (Å²) in [6.45, 7) is 2.20. The summed E-state index contributed by atoms with van der Waals surface area (Å²) >= 11 is 0. The van der Waals surface area contributed by atoms with Gasteiger partial charge in [-0.3, -0.25) is 4.79 Å². The minimum Gasteiger partial charge on any atom is -0.338 e. The average molecular weight is 349 g/mol. The topological polar surface area (TPSA) is 32.3 Å². The number of carbonyl (C=O) groups is 1.